The Balaban J connectivity index is 2.20. The Morgan fingerprint density at radius 2 is 2.21 bits per heavy atom. The first-order valence-electron chi connectivity index (χ1n) is 6.37. The van der Waals surface area contributed by atoms with Gasteiger partial charge in [-0.3, -0.25) is 9.78 Å². The van der Waals surface area contributed by atoms with E-state index in [0.29, 0.717) is 18.4 Å². The smallest absolute Gasteiger partial charge is 0.256 e. The molecule has 2 heterocycles. The van der Waals surface area contributed by atoms with E-state index in [4.69, 9.17) is 0 Å². The van der Waals surface area contributed by atoms with Crippen molar-refractivity contribution in [1.82, 2.24) is 14.8 Å². The number of piperidine rings is 1. The van der Waals surface area contributed by atoms with Crippen LogP contribution in [0.25, 0.3) is 0 Å². The summed E-state index contributed by atoms with van der Waals surface area (Å²) in [6, 6.07) is 5.81. The van der Waals surface area contributed by atoms with Crippen molar-refractivity contribution in [1.29, 1.82) is 5.26 Å². The largest absolute Gasteiger partial charge is 0.323 e. The van der Waals surface area contributed by atoms with Gasteiger partial charge in [-0.05, 0) is 32.0 Å². The van der Waals surface area contributed by atoms with E-state index in [2.05, 4.69) is 16.0 Å². The predicted octanol–water partition coefficient (Wildman–Crippen LogP) is 1.14. The maximum absolute atomic E-state index is 12.4. The Hall–Kier alpha value is -1.93. The monoisotopic (exact) mass is 258 g/mol. The summed E-state index contributed by atoms with van der Waals surface area (Å²) in [5, 5.41) is 9.52. The van der Waals surface area contributed by atoms with Crippen molar-refractivity contribution in [3.8, 4) is 6.07 Å². The molecule has 1 fully saturated rings. The van der Waals surface area contributed by atoms with Crippen LogP contribution in [0.5, 0.6) is 0 Å². The number of rotatable bonds is 2. The van der Waals surface area contributed by atoms with E-state index in [-0.39, 0.29) is 5.91 Å². The number of nitrogens with zero attached hydrogens (tertiary/aromatic N) is 4. The van der Waals surface area contributed by atoms with Gasteiger partial charge >= 0.3 is 0 Å². The van der Waals surface area contributed by atoms with E-state index >= 15 is 0 Å². The van der Waals surface area contributed by atoms with Gasteiger partial charge < -0.3 is 9.80 Å². The molecule has 1 aromatic heterocycles. The van der Waals surface area contributed by atoms with Crippen LogP contribution in [0.1, 0.15) is 23.2 Å². The second-order valence-electron chi connectivity index (χ2n) is 5.05. The van der Waals surface area contributed by atoms with Crippen molar-refractivity contribution in [2.45, 2.75) is 18.4 Å². The third-order valence-corrected chi connectivity index (χ3v) is 3.88. The van der Waals surface area contributed by atoms with Gasteiger partial charge in [-0.15, -0.1) is 0 Å². The highest BCUT2D eigenvalue weighted by Crippen LogP contribution is 2.28. The molecule has 5 heteroatoms. The number of pyridine rings is 1. The van der Waals surface area contributed by atoms with E-state index in [1.807, 2.05) is 7.05 Å². The molecule has 0 unspecified atom stereocenters. The topological polar surface area (TPSA) is 60.2 Å². The highest BCUT2D eigenvalue weighted by Gasteiger charge is 2.40. The average Bonchev–Trinajstić information content (AvgIpc) is 2.48. The molecule has 0 saturated carbocycles. The summed E-state index contributed by atoms with van der Waals surface area (Å²) in [4.78, 5) is 20.1. The number of nitriles is 1. The van der Waals surface area contributed by atoms with Crippen LogP contribution in [-0.2, 0) is 0 Å². The first-order valence-corrected chi connectivity index (χ1v) is 6.37. The first kappa shape index (κ1) is 13.5. The zero-order valence-electron chi connectivity index (χ0n) is 11.3. The van der Waals surface area contributed by atoms with Crippen LogP contribution in [0.2, 0.25) is 0 Å². The zero-order valence-corrected chi connectivity index (χ0v) is 11.3. The lowest BCUT2D eigenvalue weighted by Crippen LogP contribution is -2.54. The van der Waals surface area contributed by atoms with Crippen molar-refractivity contribution in [3.05, 3.63) is 30.1 Å². The number of hydrogen-bond acceptors (Lipinski definition) is 4. The number of hydrogen-bond donors (Lipinski definition) is 0. The van der Waals surface area contributed by atoms with Gasteiger partial charge in [-0.1, -0.05) is 0 Å². The zero-order chi connectivity index (χ0) is 13.9. The van der Waals surface area contributed by atoms with Gasteiger partial charge in [-0.2, -0.15) is 5.26 Å². The van der Waals surface area contributed by atoms with Crippen molar-refractivity contribution in [3.63, 3.8) is 0 Å². The molecule has 1 aromatic rings. The normalized spacial score (nSPS) is 18.6. The van der Waals surface area contributed by atoms with E-state index in [0.717, 1.165) is 13.1 Å². The molecule has 19 heavy (non-hydrogen) atoms. The molecular weight excluding hydrogens is 240 g/mol. The van der Waals surface area contributed by atoms with Gasteiger partial charge in [0.15, 0.2) is 0 Å². The summed E-state index contributed by atoms with van der Waals surface area (Å²) in [6.07, 6.45) is 4.54. The number of aromatic nitrogens is 1. The maximum Gasteiger partial charge on any atom is 0.256 e. The fourth-order valence-electron chi connectivity index (χ4n) is 2.39. The number of carbonyl (C=O) groups is 1. The highest BCUT2D eigenvalue weighted by molar-refractivity contribution is 5.94. The Kier molecular flexibility index (Phi) is 3.82. The SMILES string of the molecule is CN1CCC(C#N)(N(C)C(=O)c2cccnc2)CC1. The Morgan fingerprint density at radius 1 is 1.53 bits per heavy atom. The second-order valence-corrected chi connectivity index (χ2v) is 5.05. The minimum absolute atomic E-state index is 0.140. The van der Waals surface area contributed by atoms with Gasteiger partial charge in [0.1, 0.15) is 5.54 Å². The molecule has 0 bridgehead atoms. The molecule has 0 N–H and O–H groups in total. The molecule has 0 spiro atoms. The van der Waals surface area contributed by atoms with Crippen molar-refractivity contribution < 1.29 is 4.79 Å². The summed E-state index contributed by atoms with van der Waals surface area (Å²) in [5.74, 6) is -0.140. The van der Waals surface area contributed by atoms with Gasteiger partial charge in [0.2, 0.25) is 0 Å². The molecule has 0 atom stereocenters. The minimum atomic E-state index is -0.695. The van der Waals surface area contributed by atoms with Crippen LogP contribution in [0.3, 0.4) is 0 Å². The van der Waals surface area contributed by atoms with Gasteiger partial charge in [-0.25, -0.2) is 0 Å². The third-order valence-electron chi connectivity index (χ3n) is 3.88. The lowest BCUT2D eigenvalue weighted by Gasteiger charge is -2.41. The molecule has 0 radical (unpaired) electrons. The average molecular weight is 258 g/mol. The van der Waals surface area contributed by atoms with Crippen molar-refractivity contribution in [2.75, 3.05) is 27.2 Å². The quantitative estimate of drug-likeness (QED) is 0.798. The van der Waals surface area contributed by atoms with Crippen LogP contribution in [0.4, 0.5) is 0 Å². The van der Waals surface area contributed by atoms with Crippen molar-refractivity contribution in [2.24, 2.45) is 0 Å². The maximum atomic E-state index is 12.4. The molecule has 0 aromatic carbocycles. The molecular formula is C14H18N4O. The standard InChI is InChI=1S/C14H18N4O/c1-17-8-5-14(11-15,6-9-17)18(2)13(19)12-4-3-7-16-10-12/h3-4,7,10H,5-6,8-9H2,1-2H3. The number of carbonyl (C=O) groups excluding carboxylic acids is 1. The van der Waals surface area contributed by atoms with Crippen molar-refractivity contribution >= 4 is 5.91 Å². The van der Waals surface area contributed by atoms with Crippen LogP contribution in [0.15, 0.2) is 24.5 Å². The highest BCUT2D eigenvalue weighted by atomic mass is 16.2. The molecule has 1 amide bonds. The molecule has 2 rings (SSSR count). The molecule has 1 aliphatic rings. The minimum Gasteiger partial charge on any atom is -0.323 e. The molecule has 0 aliphatic carbocycles. The molecule has 100 valence electrons. The Bertz CT molecular complexity index is 486. The van der Waals surface area contributed by atoms with Gasteiger partial charge in [0.05, 0.1) is 11.6 Å². The molecule has 1 saturated heterocycles. The van der Waals surface area contributed by atoms with Crippen LogP contribution >= 0.6 is 0 Å². The number of likely N-dealkylation sites (tertiary alicyclic amines) is 1. The Labute approximate surface area is 113 Å². The fourth-order valence-corrected chi connectivity index (χ4v) is 2.39. The van der Waals surface area contributed by atoms with Gasteiger partial charge in [0.25, 0.3) is 5.91 Å². The van der Waals surface area contributed by atoms with Crippen LogP contribution in [-0.4, -0.2) is 53.4 Å². The fraction of sp³-hybridized carbons (Fsp3) is 0.500. The van der Waals surface area contributed by atoms with Gasteiger partial charge in [0, 0.05) is 32.5 Å². The third kappa shape index (κ3) is 2.59. The second kappa shape index (κ2) is 5.37. The summed E-state index contributed by atoms with van der Waals surface area (Å²) in [6.45, 7) is 1.66. The lowest BCUT2D eigenvalue weighted by molar-refractivity contribution is 0.0520. The lowest BCUT2D eigenvalue weighted by atomic mass is 9.87. The summed E-state index contributed by atoms with van der Waals surface area (Å²) in [7, 11) is 3.74. The van der Waals surface area contributed by atoms with E-state index in [1.165, 1.54) is 0 Å². The number of amides is 1. The van der Waals surface area contributed by atoms with Crippen LogP contribution < -0.4 is 0 Å². The first-order chi connectivity index (χ1) is 9.09. The van der Waals surface area contributed by atoms with E-state index < -0.39 is 5.54 Å². The van der Waals surface area contributed by atoms with E-state index in [9.17, 15) is 10.1 Å². The predicted molar refractivity (Wildman–Crippen MR) is 71.4 cm³/mol. The van der Waals surface area contributed by atoms with Crippen LogP contribution in [0, 0.1) is 11.3 Å². The Morgan fingerprint density at radius 3 is 2.74 bits per heavy atom. The molecule has 5 nitrogen and oxygen atoms in total. The van der Waals surface area contributed by atoms with E-state index in [1.54, 1.807) is 36.5 Å². The summed E-state index contributed by atoms with van der Waals surface area (Å²) in [5.41, 5.74) is -0.169. The summed E-state index contributed by atoms with van der Waals surface area (Å²) < 4.78 is 0. The molecule has 1 aliphatic heterocycles. The summed E-state index contributed by atoms with van der Waals surface area (Å²) >= 11 is 0.